The first kappa shape index (κ1) is 11.6. The lowest BCUT2D eigenvalue weighted by molar-refractivity contribution is -0.137. The summed E-state index contributed by atoms with van der Waals surface area (Å²) in [5.74, 6) is 2.05. The largest absolute Gasteiger partial charge is 0.416 e. The molecule has 0 heterocycles. The highest BCUT2D eigenvalue weighted by Gasteiger charge is 2.30. The Kier molecular flexibility index (Phi) is 3.38. The third-order valence-corrected chi connectivity index (χ3v) is 1.88. The third kappa shape index (κ3) is 3.30. The lowest BCUT2D eigenvalue weighted by Crippen LogP contribution is -2.09. The number of benzene rings is 1. The Labute approximate surface area is 85.5 Å². The maximum absolute atomic E-state index is 12.3. The average Bonchev–Trinajstić information content (AvgIpc) is 2.17. The zero-order chi connectivity index (χ0) is 11.5. The van der Waals surface area contributed by atoms with E-state index in [1.807, 2.05) is 5.92 Å². The topological polar surface area (TPSA) is 20.2 Å². The Balaban J connectivity index is 2.90. The molecule has 1 rings (SSSR count). The molecule has 0 bridgehead atoms. The molecule has 80 valence electrons. The molecule has 1 unspecified atom stereocenters. The van der Waals surface area contributed by atoms with Crippen molar-refractivity contribution in [3.8, 4) is 12.3 Å². The summed E-state index contributed by atoms with van der Waals surface area (Å²) < 4.78 is 36.9. The molecule has 0 aliphatic rings. The minimum atomic E-state index is -4.36. The SMILES string of the molecule is C#CC(O)Cc1cccc(C(F)(F)F)c1. The van der Waals surface area contributed by atoms with Gasteiger partial charge in [0.2, 0.25) is 0 Å². The van der Waals surface area contributed by atoms with Crippen LogP contribution in [0.25, 0.3) is 0 Å². The lowest BCUT2D eigenvalue weighted by Gasteiger charge is -2.09. The summed E-state index contributed by atoms with van der Waals surface area (Å²) in [6.07, 6.45) is -0.462. The van der Waals surface area contributed by atoms with Gasteiger partial charge in [-0.3, -0.25) is 0 Å². The Morgan fingerprint density at radius 3 is 2.60 bits per heavy atom. The van der Waals surface area contributed by atoms with Crippen molar-refractivity contribution in [1.29, 1.82) is 0 Å². The normalized spacial score (nSPS) is 13.3. The smallest absolute Gasteiger partial charge is 0.380 e. The van der Waals surface area contributed by atoms with E-state index in [0.29, 0.717) is 5.56 Å². The van der Waals surface area contributed by atoms with Crippen molar-refractivity contribution in [2.45, 2.75) is 18.7 Å². The number of aliphatic hydroxyl groups is 1. The lowest BCUT2D eigenvalue weighted by atomic mass is 10.1. The molecule has 0 saturated heterocycles. The minimum absolute atomic E-state index is 0.0282. The molecular formula is C11H9F3O. The maximum atomic E-state index is 12.3. The molecule has 1 atom stereocenters. The van der Waals surface area contributed by atoms with Crippen molar-refractivity contribution < 1.29 is 18.3 Å². The van der Waals surface area contributed by atoms with Crippen molar-refractivity contribution >= 4 is 0 Å². The highest BCUT2D eigenvalue weighted by molar-refractivity contribution is 5.26. The molecule has 0 fully saturated rings. The van der Waals surface area contributed by atoms with Crippen LogP contribution in [0.3, 0.4) is 0 Å². The van der Waals surface area contributed by atoms with Gasteiger partial charge in [0, 0.05) is 6.42 Å². The average molecular weight is 214 g/mol. The minimum Gasteiger partial charge on any atom is -0.380 e. The van der Waals surface area contributed by atoms with Crippen LogP contribution >= 0.6 is 0 Å². The summed E-state index contributed by atoms with van der Waals surface area (Å²) in [5.41, 5.74) is -0.362. The first-order valence-electron chi connectivity index (χ1n) is 4.24. The van der Waals surface area contributed by atoms with Crippen molar-refractivity contribution in [2.24, 2.45) is 0 Å². The highest BCUT2D eigenvalue weighted by Crippen LogP contribution is 2.29. The summed E-state index contributed by atoms with van der Waals surface area (Å²) in [6.45, 7) is 0. The molecule has 0 aliphatic heterocycles. The first-order chi connectivity index (χ1) is 6.93. The van der Waals surface area contributed by atoms with Gasteiger partial charge in [0.05, 0.1) is 5.56 Å². The van der Waals surface area contributed by atoms with Crippen LogP contribution in [0.1, 0.15) is 11.1 Å². The molecule has 15 heavy (non-hydrogen) atoms. The van der Waals surface area contributed by atoms with Crippen LogP contribution in [0.2, 0.25) is 0 Å². The first-order valence-corrected chi connectivity index (χ1v) is 4.24. The Hall–Kier alpha value is -1.47. The molecule has 0 aliphatic carbocycles. The fourth-order valence-corrected chi connectivity index (χ4v) is 1.16. The zero-order valence-electron chi connectivity index (χ0n) is 7.75. The van der Waals surface area contributed by atoms with Crippen LogP contribution in [-0.2, 0) is 12.6 Å². The molecule has 1 N–H and O–H groups in total. The van der Waals surface area contributed by atoms with Crippen molar-refractivity contribution in [1.82, 2.24) is 0 Å². The number of hydrogen-bond donors (Lipinski definition) is 1. The van der Waals surface area contributed by atoms with Gasteiger partial charge in [-0.1, -0.05) is 24.1 Å². The van der Waals surface area contributed by atoms with Crippen LogP contribution in [0.5, 0.6) is 0 Å². The molecule has 1 aromatic rings. The second kappa shape index (κ2) is 4.37. The molecule has 0 saturated carbocycles. The van der Waals surface area contributed by atoms with E-state index in [4.69, 9.17) is 11.5 Å². The number of hydrogen-bond acceptors (Lipinski definition) is 1. The predicted octanol–water partition coefficient (Wildman–Crippen LogP) is 2.24. The van der Waals surface area contributed by atoms with Gasteiger partial charge in [0.15, 0.2) is 0 Å². The molecule has 0 aromatic heterocycles. The highest BCUT2D eigenvalue weighted by atomic mass is 19.4. The monoisotopic (exact) mass is 214 g/mol. The number of rotatable bonds is 2. The summed E-state index contributed by atoms with van der Waals surface area (Å²) in [4.78, 5) is 0. The fourth-order valence-electron chi connectivity index (χ4n) is 1.16. The second-order valence-corrected chi connectivity index (χ2v) is 3.08. The summed E-state index contributed by atoms with van der Waals surface area (Å²) in [7, 11) is 0. The summed E-state index contributed by atoms with van der Waals surface area (Å²) in [6, 6.07) is 4.75. The third-order valence-electron chi connectivity index (χ3n) is 1.88. The number of halogens is 3. The van der Waals surface area contributed by atoms with Crippen LogP contribution in [0, 0.1) is 12.3 Å². The van der Waals surface area contributed by atoms with Crippen LogP contribution < -0.4 is 0 Å². The molecule has 0 spiro atoms. The van der Waals surface area contributed by atoms with E-state index in [1.165, 1.54) is 12.1 Å². The van der Waals surface area contributed by atoms with Crippen LogP contribution in [-0.4, -0.2) is 11.2 Å². The van der Waals surface area contributed by atoms with Crippen molar-refractivity contribution in [2.75, 3.05) is 0 Å². The molecule has 0 radical (unpaired) electrons. The molecule has 4 heteroatoms. The van der Waals surface area contributed by atoms with Crippen LogP contribution in [0.15, 0.2) is 24.3 Å². The van der Waals surface area contributed by atoms with Gasteiger partial charge in [-0.2, -0.15) is 13.2 Å². The van der Waals surface area contributed by atoms with Gasteiger partial charge in [-0.15, -0.1) is 6.42 Å². The number of aliphatic hydroxyl groups excluding tert-OH is 1. The van der Waals surface area contributed by atoms with Crippen LogP contribution in [0.4, 0.5) is 13.2 Å². The quantitative estimate of drug-likeness (QED) is 0.748. The predicted molar refractivity (Wildman–Crippen MR) is 50.0 cm³/mol. The Bertz CT molecular complexity index is 376. The van der Waals surface area contributed by atoms with Gasteiger partial charge >= 0.3 is 6.18 Å². The van der Waals surface area contributed by atoms with E-state index in [9.17, 15) is 13.2 Å². The molecular weight excluding hydrogens is 205 g/mol. The van der Waals surface area contributed by atoms with E-state index >= 15 is 0 Å². The van der Waals surface area contributed by atoms with Gasteiger partial charge < -0.3 is 5.11 Å². The summed E-state index contributed by atoms with van der Waals surface area (Å²) in [5, 5.41) is 9.09. The zero-order valence-corrected chi connectivity index (χ0v) is 7.75. The van der Waals surface area contributed by atoms with Crippen molar-refractivity contribution in [3.05, 3.63) is 35.4 Å². The van der Waals surface area contributed by atoms with E-state index in [2.05, 4.69) is 0 Å². The summed E-state index contributed by atoms with van der Waals surface area (Å²) >= 11 is 0. The van der Waals surface area contributed by atoms with E-state index in [-0.39, 0.29) is 6.42 Å². The van der Waals surface area contributed by atoms with E-state index in [0.717, 1.165) is 12.1 Å². The van der Waals surface area contributed by atoms with E-state index < -0.39 is 17.8 Å². The van der Waals surface area contributed by atoms with Gasteiger partial charge in [0.1, 0.15) is 6.10 Å². The Morgan fingerprint density at radius 2 is 2.07 bits per heavy atom. The molecule has 1 nitrogen and oxygen atoms in total. The van der Waals surface area contributed by atoms with Gasteiger partial charge in [-0.25, -0.2) is 0 Å². The number of terminal acetylenes is 1. The standard InChI is InChI=1S/C11H9F3O/c1-2-10(15)7-8-4-3-5-9(6-8)11(12,13)14/h1,3-6,10,15H,7H2. The van der Waals surface area contributed by atoms with E-state index in [1.54, 1.807) is 0 Å². The molecule has 0 amide bonds. The Morgan fingerprint density at radius 1 is 1.40 bits per heavy atom. The number of alkyl halides is 3. The van der Waals surface area contributed by atoms with Gasteiger partial charge in [0.25, 0.3) is 0 Å². The second-order valence-electron chi connectivity index (χ2n) is 3.08. The molecule has 1 aromatic carbocycles. The maximum Gasteiger partial charge on any atom is 0.416 e. The van der Waals surface area contributed by atoms with Gasteiger partial charge in [-0.05, 0) is 11.6 Å². The fraction of sp³-hybridized carbons (Fsp3) is 0.273. The van der Waals surface area contributed by atoms with Crippen molar-refractivity contribution in [3.63, 3.8) is 0 Å².